The maximum Gasteiger partial charge on any atom is 0.349 e. The monoisotopic (exact) mass is 304 g/mol. The number of nitrogens with one attached hydrogen (secondary N) is 1. The Balaban J connectivity index is 2.20. The summed E-state index contributed by atoms with van der Waals surface area (Å²) in [7, 11) is 0. The molecular weight excluding hydrogens is 284 g/mol. The van der Waals surface area contributed by atoms with Crippen LogP contribution in [0.4, 0.5) is 5.82 Å². The molecule has 1 amide bonds. The fourth-order valence-electron chi connectivity index (χ4n) is 2.10. The number of rotatable bonds is 5. The Morgan fingerprint density at radius 1 is 1.32 bits per heavy atom. The SMILES string of the molecule is Cc1cc(NC(=O)c2c(C)cc(CCC(C)C)oc2=O)no1. The zero-order valence-electron chi connectivity index (χ0n) is 13.2. The molecule has 0 aliphatic heterocycles. The molecule has 2 heterocycles. The third kappa shape index (κ3) is 3.84. The van der Waals surface area contributed by atoms with E-state index in [4.69, 9.17) is 8.94 Å². The average Bonchev–Trinajstić information content (AvgIpc) is 2.81. The molecule has 0 aliphatic carbocycles. The van der Waals surface area contributed by atoms with Crippen LogP contribution >= 0.6 is 0 Å². The third-order valence-corrected chi connectivity index (χ3v) is 3.26. The summed E-state index contributed by atoms with van der Waals surface area (Å²) >= 11 is 0. The molecule has 0 spiro atoms. The summed E-state index contributed by atoms with van der Waals surface area (Å²) in [6.07, 6.45) is 1.60. The van der Waals surface area contributed by atoms with Crippen LogP contribution < -0.4 is 10.9 Å². The van der Waals surface area contributed by atoms with E-state index >= 15 is 0 Å². The number of carbonyl (C=O) groups excluding carboxylic acids is 1. The highest BCUT2D eigenvalue weighted by Gasteiger charge is 2.18. The number of aromatic nitrogens is 1. The van der Waals surface area contributed by atoms with E-state index in [1.54, 1.807) is 26.0 Å². The Morgan fingerprint density at radius 2 is 2.05 bits per heavy atom. The highest BCUT2D eigenvalue weighted by Crippen LogP contribution is 2.14. The third-order valence-electron chi connectivity index (χ3n) is 3.26. The Kier molecular flexibility index (Phi) is 4.80. The maximum atomic E-state index is 12.2. The van der Waals surface area contributed by atoms with Crippen LogP contribution in [0.25, 0.3) is 0 Å². The van der Waals surface area contributed by atoms with Gasteiger partial charge in [0.25, 0.3) is 5.91 Å². The minimum atomic E-state index is -0.628. The normalized spacial score (nSPS) is 11.0. The predicted molar refractivity (Wildman–Crippen MR) is 82.1 cm³/mol. The molecule has 2 aromatic rings. The van der Waals surface area contributed by atoms with Gasteiger partial charge in [0.1, 0.15) is 17.1 Å². The fraction of sp³-hybridized carbons (Fsp3) is 0.438. The zero-order valence-corrected chi connectivity index (χ0v) is 13.2. The minimum absolute atomic E-state index is 0.00560. The first-order chi connectivity index (χ1) is 10.4. The van der Waals surface area contributed by atoms with Crippen molar-refractivity contribution in [3.8, 4) is 0 Å². The van der Waals surface area contributed by atoms with Gasteiger partial charge in [-0.2, -0.15) is 0 Å². The van der Waals surface area contributed by atoms with Gasteiger partial charge in [0.15, 0.2) is 5.82 Å². The lowest BCUT2D eigenvalue weighted by Crippen LogP contribution is -2.23. The molecular formula is C16H20N2O4. The lowest BCUT2D eigenvalue weighted by atomic mass is 10.0. The summed E-state index contributed by atoms with van der Waals surface area (Å²) in [4.78, 5) is 24.3. The van der Waals surface area contributed by atoms with Gasteiger partial charge in [0, 0.05) is 12.5 Å². The van der Waals surface area contributed by atoms with Crippen molar-refractivity contribution in [2.45, 2.75) is 40.5 Å². The number of hydrogen-bond donors (Lipinski definition) is 1. The van der Waals surface area contributed by atoms with Crippen LogP contribution in [0.1, 0.15) is 47.7 Å². The van der Waals surface area contributed by atoms with Crippen LogP contribution in [0.15, 0.2) is 25.9 Å². The number of anilines is 1. The summed E-state index contributed by atoms with van der Waals surface area (Å²) in [6, 6.07) is 3.32. The predicted octanol–water partition coefficient (Wildman–Crippen LogP) is 3.09. The number of carbonyl (C=O) groups is 1. The van der Waals surface area contributed by atoms with Crippen LogP contribution in [-0.2, 0) is 6.42 Å². The largest absolute Gasteiger partial charge is 0.427 e. The van der Waals surface area contributed by atoms with Crippen molar-refractivity contribution in [2.24, 2.45) is 5.92 Å². The average molecular weight is 304 g/mol. The second kappa shape index (κ2) is 6.60. The van der Waals surface area contributed by atoms with E-state index in [-0.39, 0.29) is 11.4 Å². The van der Waals surface area contributed by atoms with Gasteiger partial charge in [0.05, 0.1) is 0 Å². The summed E-state index contributed by atoms with van der Waals surface area (Å²) in [5, 5.41) is 6.19. The van der Waals surface area contributed by atoms with Crippen LogP contribution in [-0.4, -0.2) is 11.1 Å². The standard InChI is InChI=1S/C16H20N2O4/c1-9(2)5-6-12-7-10(3)14(16(20)21-12)15(19)17-13-8-11(4)22-18-13/h7-9H,5-6H2,1-4H3,(H,17,18,19). The molecule has 6 heteroatoms. The second-order valence-corrected chi connectivity index (χ2v) is 5.77. The molecule has 6 nitrogen and oxygen atoms in total. The molecule has 0 aliphatic rings. The molecule has 0 aromatic carbocycles. The van der Waals surface area contributed by atoms with Crippen LogP contribution in [0.3, 0.4) is 0 Å². The highest BCUT2D eigenvalue weighted by atomic mass is 16.5. The molecule has 0 radical (unpaired) electrons. The van der Waals surface area contributed by atoms with Crippen molar-refractivity contribution in [1.29, 1.82) is 0 Å². The quantitative estimate of drug-likeness (QED) is 0.917. The van der Waals surface area contributed by atoms with E-state index in [0.717, 1.165) is 6.42 Å². The van der Waals surface area contributed by atoms with Gasteiger partial charge in [-0.25, -0.2) is 4.79 Å². The molecule has 22 heavy (non-hydrogen) atoms. The van der Waals surface area contributed by atoms with Gasteiger partial charge in [0.2, 0.25) is 0 Å². The van der Waals surface area contributed by atoms with Gasteiger partial charge >= 0.3 is 5.63 Å². The van der Waals surface area contributed by atoms with E-state index in [2.05, 4.69) is 24.3 Å². The van der Waals surface area contributed by atoms with Crippen molar-refractivity contribution in [1.82, 2.24) is 5.16 Å². The van der Waals surface area contributed by atoms with E-state index in [9.17, 15) is 9.59 Å². The van der Waals surface area contributed by atoms with E-state index in [1.165, 1.54) is 0 Å². The van der Waals surface area contributed by atoms with Crippen LogP contribution in [0, 0.1) is 19.8 Å². The Labute approximate surface area is 128 Å². The Hall–Kier alpha value is -2.37. The molecule has 0 fully saturated rings. The van der Waals surface area contributed by atoms with Gasteiger partial charge < -0.3 is 14.3 Å². The number of amides is 1. The van der Waals surface area contributed by atoms with E-state index < -0.39 is 11.5 Å². The molecule has 0 bridgehead atoms. The molecule has 118 valence electrons. The molecule has 2 rings (SSSR count). The second-order valence-electron chi connectivity index (χ2n) is 5.77. The Bertz CT molecular complexity index is 728. The number of hydrogen-bond acceptors (Lipinski definition) is 5. The van der Waals surface area contributed by atoms with Crippen LogP contribution in [0.2, 0.25) is 0 Å². The Morgan fingerprint density at radius 3 is 2.59 bits per heavy atom. The lowest BCUT2D eigenvalue weighted by molar-refractivity contribution is 0.102. The van der Waals surface area contributed by atoms with Gasteiger partial charge in [-0.3, -0.25) is 4.79 Å². The molecule has 0 atom stereocenters. The maximum absolute atomic E-state index is 12.2. The summed E-state index contributed by atoms with van der Waals surface area (Å²) in [5.41, 5.74) is -0.0434. The molecule has 0 unspecified atom stereocenters. The summed E-state index contributed by atoms with van der Waals surface area (Å²) in [5.74, 6) is 1.41. The van der Waals surface area contributed by atoms with Gasteiger partial charge in [-0.1, -0.05) is 19.0 Å². The van der Waals surface area contributed by atoms with Crippen molar-refractivity contribution in [3.63, 3.8) is 0 Å². The zero-order chi connectivity index (χ0) is 16.3. The lowest BCUT2D eigenvalue weighted by Gasteiger charge is -2.07. The summed E-state index contributed by atoms with van der Waals surface area (Å²) < 4.78 is 10.1. The van der Waals surface area contributed by atoms with Gasteiger partial charge in [-0.05, 0) is 37.8 Å². The van der Waals surface area contributed by atoms with Crippen molar-refractivity contribution in [3.05, 3.63) is 45.2 Å². The molecule has 0 saturated heterocycles. The van der Waals surface area contributed by atoms with Gasteiger partial charge in [-0.15, -0.1) is 0 Å². The number of nitrogens with zero attached hydrogens (tertiary/aromatic N) is 1. The molecule has 1 N–H and O–H groups in total. The van der Waals surface area contributed by atoms with E-state index in [1.807, 2.05) is 0 Å². The summed E-state index contributed by atoms with van der Waals surface area (Å²) in [6.45, 7) is 7.64. The first-order valence-electron chi connectivity index (χ1n) is 7.25. The fourth-order valence-corrected chi connectivity index (χ4v) is 2.10. The highest BCUT2D eigenvalue weighted by molar-refractivity contribution is 6.04. The molecule has 0 saturated carbocycles. The smallest absolute Gasteiger partial charge is 0.349 e. The first kappa shape index (κ1) is 16.0. The topological polar surface area (TPSA) is 85.3 Å². The van der Waals surface area contributed by atoms with Crippen molar-refractivity contribution in [2.75, 3.05) is 5.32 Å². The number of aryl methyl sites for hydroxylation is 3. The van der Waals surface area contributed by atoms with Crippen LogP contribution in [0.5, 0.6) is 0 Å². The van der Waals surface area contributed by atoms with Crippen molar-refractivity contribution < 1.29 is 13.7 Å². The van der Waals surface area contributed by atoms with E-state index in [0.29, 0.717) is 29.4 Å². The van der Waals surface area contributed by atoms with Crippen molar-refractivity contribution >= 4 is 11.7 Å². The first-order valence-corrected chi connectivity index (χ1v) is 7.25. The molecule has 2 aromatic heterocycles. The minimum Gasteiger partial charge on any atom is -0.427 e.